The van der Waals surface area contributed by atoms with E-state index in [9.17, 15) is 5.11 Å². The van der Waals surface area contributed by atoms with E-state index in [0.717, 1.165) is 25.6 Å². The fourth-order valence-corrected chi connectivity index (χ4v) is 6.05. The summed E-state index contributed by atoms with van der Waals surface area (Å²) in [5.74, 6) is 0.756. The van der Waals surface area contributed by atoms with E-state index >= 15 is 0 Å². The van der Waals surface area contributed by atoms with Crippen LogP contribution in [0.5, 0.6) is 0 Å². The Hall–Kier alpha value is -1.84. The van der Waals surface area contributed by atoms with Gasteiger partial charge in [0, 0.05) is 41.4 Å². The Labute approximate surface area is 168 Å². The van der Waals surface area contributed by atoms with Crippen molar-refractivity contribution in [3.63, 3.8) is 0 Å². The number of nitrogens with zero attached hydrogens (tertiary/aromatic N) is 2. The number of aliphatic hydroxyl groups excluding tert-OH is 1. The van der Waals surface area contributed by atoms with Crippen molar-refractivity contribution in [2.24, 2.45) is 16.7 Å². The van der Waals surface area contributed by atoms with Gasteiger partial charge >= 0.3 is 0 Å². The molecule has 2 bridgehead atoms. The number of rotatable bonds is 4. The molecule has 1 aliphatic heterocycles. The minimum atomic E-state index is -0.358. The fourth-order valence-electron chi connectivity index (χ4n) is 6.05. The Bertz CT molecular complexity index is 966. The van der Waals surface area contributed by atoms with Gasteiger partial charge in [0.05, 0.1) is 12.6 Å². The van der Waals surface area contributed by atoms with Gasteiger partial charge in [0.1, 0.15) is 0 Å². The van der Waals surface area contributed by atoms with Gasteiger partial charge in [-0.15, -0.1) is 0 Å². The average molecular weight is 377 g/mol. The van der Waals surface area contributed by atoms with Crippen LogP contribution in [0.4, 0.5) is 0 Å². The Morgan fingerprint density at radius 3 is 2.18 bits per heavy atom. The Morgan fingerprint density at radius 2 is 1.57 bits per heavy atom. The number of β-amino-alcohol motifs (C(OH)–C–C–N with tert-alkyl or cyclic N) is 1. The van der Waals surface area contributed by atoms with Crippen molar-refractivity contribution >= 4 is 21.8 Å². The fraction of sp³-hybridized carbons (Fsp3) is 0.520. The van der Waals surface area contributed by atoms with Gasteiger partial charge in [-0.1, -0.05) is 57.2 Å². The minimum absolute atomic E-state index is 0.358. The second-order valence-electron chi connectivity index (χ2n) is 10.0. The molecule has 1 saturated carbocycles. The largest absolute Gasteiger partial charge is 0.390 e. The number of hydrogen-bond acceptors (Lipinski definition) is 2. The van der Waals surface area contributed by atoms with Crippen LogP contribution < -0.4 is 0 Å². The number of aromatic nitrogens is 1. The molecule has 3 heteroatoms. The van der Waals surface area contributed by atoms with Crippen molar-refractivity contribution in [1.29, 1.82) is 0 Å². The second-order valence-corrected chi connectivity index (χ2v) is 10.0. The highest BCUT2D eigenvalue weighted by molar-refractivity contribution is 6.07. The molecule has 0 radical (unpaired) electrons. The van der Waals surface area contributed by atoms with E-state index in [1.54, 1.807) is 0 Å². The number of likely N-dealkylation sites (tertiary alicyclic amines) is 1. The van der Waals surface area contributed by atoms with E-state index in [1.807, 2.05) is 0 Å². The maximum Gasteiger partial charge on any atom is 0.0845 e. The quantitative estimate of drug-likeness (QED) is 0.700. The van der Waals surface area contributed by atoms with Crippen LogP contribution in [-0.4, -0.2) is 40.3 Å². The third-order valence-electron chi connectivity index (χ3n) is 8.21. The van der Waals surface area contributed by atoms with Crippen LogP contribution in [0.3, 0.4) is 0 Å². The smallest absolute Gasteiger partial charge is 0.0845 e. The molecule has 5 rings (SSSR count). The normalized spacial score (nSPS) is 28.2. The molecule has 0 unspecified atom stereocenters. The lowest BCUT2D eigenvalue weighted by molar-refractivity contribution is -0.0345. The predicted molar refractivity (Wildman–Crippen MR) is 117 cm³/mol. The molecule has 2 aliphatic rings. The first-order valence-electron chi connectivity index (χ1n) is 10.8. The van der Waals surface area contributed by atoms with Crippen LogP contribution in [0.1, 0.15) is 33.6 Å². The van der Waals surface area contributed by atoms with Crippen LogP contribution in [0.2, 0.25) is 0 Å². The maximum absolute atomic E-state index is 11.0. The van der Waals surface area contributed by atoms with E-state index in [0.29, 0.717) is 17.4 Å². The average Bonchev–Trinajstić information content (AvgIpc) is 2.99. The molecule has 3 aromatic rings. The van der Waals surface area contributed by atoms with Crippen molar-refractivity contribution in [2.75, 3.05) is 19.6 Å². The maximum atomic E-state index is 11.0. The Morgan fingerprint density at radius 1 is 0.964 bits per heavy atom. The molecule has 1 aliphatic carbocycles. The molecule has 0 amide bonds. The summed E-state index contributed by atoms with van der Waals surface area (Å²) >= 11 is 0. The van der Waals surface area contributed by atoms with Crippen molar-refractivity contribution in [3.05, 3.63) is 48.5 Å². The highest BCUT2D eigenvalue weighted by Gasteiger charge is 2.55. The molecular formula is C25H32N2O. The molecule has 1 N–H and O–H groups in total. The van der Waals surface area contributed by atoms with Gasteiger partial charge in [0.2, 0.25) is 0 Å². The number of benzene rings is 2. The van der Waals surface area contributed by atoms with Crippen molar-refractivity contribution in [2.45, 2.75) is 46.3 Å². The predicted octanol–water partition coefficient (Wildman–Crippen LogP) is 4.91. The Balaban J connectivity index is 1.39. The third-order valence-corrected chi connectivity index (χ3v) is 8.21. The second kappa shape index (κ2) is 6.33. The topological polar surface area (TPSA) is 28.4 Å². The lowest BCUT2D eigenvalue weighted by Crippen LogP contribution is -2.53. The van der Waals surface area contributed by atoms with Gasteiger partial charge in [-0.25, -0.2) is 0 Å². The van der Waals surface area contributed by atoms with E-state index < -0.39 is 0 Å². The molecule has 2 aromatic carbocycles. The Kier molecular flexibility index (Phi) is 4.12. The standard InChI is InChI=1S/C25H32N2O/c1-24(2)18-12-13-25(24,3)17-26(14-18)15-19(28)16-27-22-10-6-4-8-20(22)21-9-5-7-11-23(21)27/h4-11,18-19,28H,12-17H2,1-3H3/t18-,19-,25-/m0/s1. The molecule has 1 saturated heterocycles. The van der Waals surface area contributed by atoms with Gasteiger partial charge in [-0.2, -0.15) is 0 Å². The molecular weight excluding hydrogens is 344 g/mol. The molecule has 0 spiro atoms. The summed E-state index contributed by atoms with van der Waals surface area (Å²) < 4.78 is 2.31. The van der Waals surface area contributed by atoms with E-state index in [-0.39, 0.29) is 6.10 Å². The molecule has 2 heterocycles. The van der Waals surface area contributed by atoms with Crippen LogP contribution in [0.15, 0.2) is 48.5 Å². The lowest BCUT2D eigenvalue weighted by Gasteiger charge is -2.50. The SMILES string of the molecule is CC1(C)[C@H]2CC[C@@]1(C)CN(C[C@H](O)Cn1c3ccccc3c3ccccc31)C2. The van der Waals surface area contributed by atoms with Crippen LogP contribution in [0, 0.1) is 16.7 Å². The number of fused-ring (bicyclic) bond motifs is 5. The van der Waals surface area contributed by atoms with Gasteiger partial charge in [-0.3, -0.25) is 4.90 Å². The number of piperidine rings is 1. The van der Waals surface area contributed by atoms with Crippen molar-refractivity contribution in [3.8, 4) is 0 Å². The van der Waals surface area contributed by atoms with E-state index in [2.05, 4.69) is 78.8 Å². The highest BCUT2D eigenvalue weighted by atomic mass is 16.3. The van der Waals surface area contributed by atoms with Crippen molar-refractivity contribution in [1.82, 2.24) is 9.47 Å². The highest BCUT2D eigenvalue weighted by Crippen LogP contribution is 2.58. The summed E-state index contributed by atoms with van der Waals surface area (Å²) in [6, 6.07) is 17.1. The molecule has 3 nitrogen and oxygen atoms in total. The lowest BCUT2D eigenvalue weighted by atomic mass is 9.63. The summed E-state index contributed by atoms with van der Waals surface area (Å²) in [4.78, 5) is 2.53. The summed E-state index contributed by atoms with van der Waals surface area (Å²) in [6.07, 6.45) is 2.30. The minimum Gasteiger partial charge on any atom is -0.390 e. The molecule has 1 aromatic heterocycles. The van der Waals surface area contributed by atoms with E-state index in [1.165, 1.54) is 34.6 Å². The van der Waals surface area contributed by atoms with Gasteiger partial charge < -0.3 is 9.67 Å². The molecule has 3 atom stereocenters. The van der Waals surface area contributed by atoms with Gasteiger partial charge in [-0.05, 0) is 41.7 Å². The zero-order valence-corrected chi connectivity index (χ0v) is 17.4. The monoisotopic (exact) mass is 376 g/mol. The van der Waals surface area contributed by atoms with E-state index in [4.69, 9.17) is 0 Å². The van der Waals surface area contributed by atoms with Crippen molar-refractivity contribution < 1.29 is 5.11 Å². The molecule has 28 heavy (non-hydrogen) atoms. The third kappa shape index (κ3) is 2.63. The molecule has 2 fully saturated rings. The number of para-hydroxylation sites is 2. The van der Waals surface area contributed by atoms with Crippen LogP contribution >= 0.6 is 0 Å². The summed E-state index contributed by atoms with van der Waals surface area (Å²) in [5, 5.41) is 13.6. The first kappa shape index (κ1) is 18.2. The first-order chi connectivity index (χ1) is 13.4. The van der Waals surface area contributed by atoms with Crippen LogP contribution in [-0.2, 0) is 6.54 Å². The zero-order chi connectivity index (χ0) is 19.5. The number of hydrogen-bond donors (Lipinski definition) is 1. The zero-order valence-electron chi connectivity index (χ0n) is 17.4. The van der Waals surface area contributed by atoms with Gasteiger partial charge in [0.15, 0.2) is 0 Å². The number of aliphatic hydroxyl groups is 1. The van der Waals surface area contributed by atoms with Crippen LogP contribution in [0.25, 0.3) is 21.8 Å². The van der Waals surface area contributed by atoms with Gasteiger partial charge in [0.25, 0.3) is 0 Å². The summed E-state index contributed by atoms with van der Waals surface area (Å²) in [5.41, 5.74) is 3.23. The summed E-state index contributed by atoms with van der Waals surface area (Å²) in [6.45, 7) is 11.0. The summed E-state index contributed by atoms with van der Waals surface area (Å²) in [7, 11) is 0. The first-order valence-corrected chi connectivity index (χ1v) is 10.8. The molecule has 148 valence electrons.